The summed E-state index contributed by atoms with van der Waals surface area (Å²) < 4.78 is 26.6. The van der Waals surface area contributed by atoms with Crippen LogP contribution in [0.1, 0.15) is 16.8 Å². The first kappa shape index (κ1) is 22.1. The number of aliphatic hydroxyl groups excluding tert-OH is 2. The second-order valence-corrected chi connectivity index (χ2v) is 5.80. The molecule has 0 spiro atoms. The van der Waals surface area contributed by atoms with Gasteiger partial charge in [-0.25, -0.2) is 14.5 Å². The van der Waals surface area contributed by atoms with Gasteiger partial charge in [0.15, 0.2) is 6.23 Å². The summed E-state index contributed by atoms with van der Waals surface area (Å²) in [6, 6.07) is 0. The lowest BCUT2D eigenvalue weighted by Crippen LogP contribution is -2.34. The molecule has 1 aromatic rings. The summed E-state index contributed by atoms with van der Waals surface area (Å²) in [5.41, 5.74) is 5.06. The number of methoxy groups -OCH3 is 1. The van der Waals surface area contributed by atoms with E-state index in [0.717, 1.165) is 11.0 Å². The van der Waals surface area contributed by atoms with Gasteiger partial charge in [0.1, 0.15) is 37.9 Å². The van der Waals surface area contributed by atoms with Crippen molar-refractivity contribution in [3.8, 4) is 0 Å². The fourth-order valence-electron chi connectivity index (χ4n) is 2.33. The lowest BCUT2D eigenvalue weighted by Gasteiger charge is -2.14. The normalized spacial score (nSPS) is 24.4. The summed E-state index contributed by atoms with van der Waals surface area (Å²) in [7, 11) is 1.56. The maximum absolute atomic E-state index is 11.7. The Bertz CT molecular complexity index is 641. The number of aliphatic hydroxyl groups is 2. The van der Waals surface area contributed by atoms with Crippen molar-refractivity contribution in [2.45, 2.75) is 24.5 Å². The predicted molar refractivity (Wildman–Crippen MR) is 88.9 cm³/mol. The topological polar surface area (TPSA) is 177 Å². The molecule has 158 valence electrons. The molecule has 1 aromatic heterocycles. The van der Waals surface area contributed by atoms with Gasteiger partial charge in [0.2, 0.25) is 5.82 Å². The zero-order valence-corrected chi connectivity index (χ0v) is 15.3. The summed E-state index contributed by atoms with van der Waals surface area (Å²) in [5, 5.41) is 23.9. The zero-order chi connectivity index (χ0) is 20.5. The summed E-state index contributed by atoms with van der Waals surface area (Å²) in [6.45, 7) is 0.803. The fraction of sp³-hybridized carbons (Fsp3) is 0.733. The summed E-state index contributed by atoms with van der Waals surface area (Å²) >= 11 is 0. The molecule has 0 radical (unpaired) electrons. The maximum Gasteiger partial charge on any atom is 0.332 e. The first-order valence-corrected chi connectivity index (χ1v) is 8.46. The highest BCUT2D eigenvalue weighted by Crippen LogP contribution is 2.28. The minimum atomic E-state index is -1.37. The van der Waals surface area contributed by atoms with Gasteiger partial charge in [0.25, 0.3) is 5.91 Å². The van der Waals surface area contributed by atoms with E-state index in [9.17, 15) is 19.8 Å². The van der Waals surface area contributed by atoms with Crippen LogP contribution in [0.25, 0.3) is 0 Å². The Morgan fingerprint density at radius 2 is 1.93 bits per heavy atom. The van der Waals surface area contributed by atoms with Gasteiger partial charge in [0, 0.05) is 7.11 Å². The fourth-order valence-corrected chi connectivity index (χ4v) is 2.33. The molecular formula is C15H24N4O9. The highest BCUT2D eigenvalue weighted by molar-refractivity contribution is 5.88. The highest BCUT2D eigenvalue weighted by atomic mass is 16.6. The Kier molecular flexibility index (Phi) is 8.69. The Balaban J connectivity index is 1.70. The third-order valence-corrected chi connectivity index (χ3v) is 3.76. The number of carbonyl (C=O) groups is 2. The second kappa shape index (κ2) is 11.0. The van der Waals surface area contributed by atoms with E-state index in [1.807, 2.05) is 0 Å². The average Bonchev–Trinajstić information content (AvgIpc) is 3.26. The molecule has 0 saturated carbocycles. The number of rotatable bonds is 12. The molecule has 1 fully saturated rings. The minimum absolute atomic E-state index is 0.205. The zero-order valence-electron chi connectivity index (χ0n) is 15.3. The molecule has 0 aromatic carbocycles. The van der Waals surface area contributed by atoms with Gasteiger partial charge in [0.05, 0.1) is 26.4 Å². The first-order valence-electron chi connectivity index (χ1n) is 8.46. The standard InChI is InChI=1S/C15H24N4O9/c1-24-2-3-25-4-5-26-7-10(20)27-6-9-11(21)12(22)15(28-9)19-8-17-14(18-19)13(16)23/h8-9,11-12,15,21-22H,2-7H2,1H3,(H2,16,23)/t9-,11?,12-,15-/m1/s1. The van der Waals surface area contributed by atoms with Crippen molar-refractivity contribution in [2.24, 2.45) is 5.73 Å². The van der Waals surface area contributed by atoms with Crippen LogP contribution in [-0.2, 0) is 28.5 Å². The molecule has 0 aliphatic carbocycles. The van der Waals surface area contributed by atoms with Crippen molar-refractivity contribution < 1.29 is 43.5 Å². The molecule has 1 aliphatic rings. The van der Waals surface area contributed by atoms with Gasteiger partial charge >= 0.3 is 5.97 Å². The smallest absolute Gasteiger partial charge is 0.332 e. The van der Waals surface area contributed by atoms with Gasteiger partial charge < -0.3 is 39.6 Å². The van der Waals surface area contributed by atoms with Crippen LogP contribution < -0.4 is 5.73 Å². The Morgan fingerprint density at radius 3 is 2.61 bits per heavy atom. The van der Waals surface area contributed by atoms with Crippen LogP contribution in [0.2, 0.25) is 0 Å². The highest BCUT2D eigenvalue weighted by Gasteiger charge is 2.45. The molecular weight excluding hydrogens is 380 g/mol. The van der Waals surface area contributed by atoms with Crippen LogP contribution >= 0.6 is 0 Å². The Labute approximate surface area is 160 Å². The van der Waals surface area contributed by atoms with E-state index in [0.29, 0.717) is 19.8 Å². The SMILES string of the molecule is COCCOCCOCC(=O)OC[C@H]1O[C@@H](n2cnc(C(N)=O)n2)[C@H](O)C1O. The van der Waals surface area contributed by atoms with Crippen molar-refractivity contribution >= 4 is 11.9 Å². The van der Waals surface area contributed by atoms with Crippen LogP contribution in [0.4, 0.5) is 0 Å². The van der Waals surface area contributed by atoms with Crippen molar-refractivity contribution in [1.82, 2.24) is 14.8 Å². The molecule has 13 heteroatoms. The largest absolute Gasteiger partial charge is 0.461 e. The maximum atomic E-state index is 11.7. The van der Waals surface area contributed by atoms with Crippen LogP contribution in [-0.4, -0.2) is 102 Å². The van der Waals surface area contributed by atoms with Crippen molar-refractivity contribution in [3.05, 3.63) is 12.2 Å². The summed E-state index contributed by atoms with van der Waals surface area (Å²) in [6.07, 6.45) is -3.68. The number of primary amides is 1. The number of esters is 1. The Morgan fingerprint density at radius 1 is 1.21 bits per heavy atom. The van der Waals surface area contributed by atoms with Crippen LogP contribution in [0, 0.1) is 0 Å². The molecule has 0 bridgehead atoms. The third kappa shape index (κ3) is 6.19. The molecule has 1 unspecified atom stereocenters. The molecule has 13 nitrogen and oxygen atoms in total. The lowest BCUT2D eigenvalue weighted by atomic mass is 10.1. The summed E-state index contributed by atoms with van der Waals surface area (Å²) in [4.78, 5) is 26.4. The monoisotopic (exact) mass is 404 g/mol. The van der Waals surface area contributed by atoms with Gasteiger partial charge in [-0.15, -0.1) is 5.10 Å². The van der Waals surface area contributed by atoms with Crippen LogP contribution in [0.5, 0.6) is 0 Å². The molecule has 4 N–H and O–H groups in total. The molecule has 1 saturated heterocycles. The number of aromatic nitrogens is 3. The number of nitrogens with two attached hydrogens (primary N) is 1. The number of hydrogen-bond donors (Lipinski definition) is 3. The van der Waals surface area contributed by atoms with Gasteiger partial charge in [-0.3, -0.25) is 4.79 Å². The van der Waals surface area contributed by atoms with Crippen LogP contribution in [0.15, 0.2) is 6.33 Å². The quantitative estimate of drug-likeness (QED) is 0.242. The molecule has 4 atom stereocenters. The predicted octanol–water partition coefficient (Wildman–Crippen LogP) is -2.78. The first-order chi connectivity index (χ1) is 13.4. The van der Waals surface area contributed by atoms with E-state index in [4.69, 9.17) is 29.4 Å². The van der Waals surface area contributed by atoms with Crippen molar-refractivity contribution in [2.75, 3.05) is 46.8 Å². The van der Waals surface area contributed by atoms with E-state index >= 15 is 0 Å². The molecule has 1 amide bonds. The lowest BCUT2D eigenvalue weighted by molar-refractivity contribution is -0.155. The van der Waals surface area contributed by atoms with Crippen molar-refractivity contribution in [1.29, 1.82) is 0 Å². The Hall–Kier alpha value is -2.16. The second-order valence-electron chi connectivity index (χ2n) is 5.80. The van der Waals surface area contributed by atoms with Gasteiger partial charge in [-0.2, -0.15) is 0 Å². The van der Waals surface area contributed by atoms with E-state index < -0.39 is 36.4 Å². The third-order valence-electron chi connectivity index (χ3n) is 3.76. The van der Waals surface area contributed by atoms with E-state index in [2.05, 4.69) is 10.1 Å². The van der Waals surface area contributed by atoms with Crippen molar-refractivity contribution in [3.63, 3.8) is 0 Å². The number of amides is 1. The number of nitrogens with zero attached hydrogens (tertiary/aromatic N) is 3. The van der Waals surface area contributed by atoms with E-state index in [-0.39, 0.29) is 25.6 Å². The molecule has 2 heterocycles. The summed E-state index contributed by atoms with van der Waals surface area (Å²) in [5.74, 6) is -1.77. The van der Waals surface area contributed by atoms with Gasteiger partial charge in [-0.1, -0.05) is 0 Å². The molecule has 28 heavy (non-hydrogen) atoms. The van der Waals surface area contributed by atoms with Gasteiger partial charge in [-0.05, 0) is 0 Å². The van der Waals surface area contributed by atoms with Crippen LogP contribution in [0.3, 0.4) is 0 Å². The van der Waals surface area contributed by atoms with E-state index in [1.54, 1.807) is 7.11 Å². The average molecular weight is 404 g/mol. The minimum Gasteiger partial charge on any atom is -0.461 e. The number of ether oxygens (including phenoxy) is 5. The van der Waals surface area contributed by atoms with E-state index in [1.165, 1.54) is 0 Å². The molecule has 2 rings (SSSR count). The molecule has 1 aliphatic heterocycles. The number of hydrogen-bond acceptors (Lipinski definition) is 11. The number of carbonyl (C=O) groups excluding carboxylic acids is 2.